The zero-order valence-electron chi connectivity index (χ0n) is 9.96. The molecule has 3 nitrogen and oxygen atoms in total. The van der Waals surface area contributed by atoms with Gasteiger partial charge in [-0.3, -0.25) is 0 Å². The number of nitrogens with zero attached hydrogens (tertiary/aromatic N) is 2. The van der Waals surface area contributed by atoms with Crippen molar-refractivity contribution >= 4 is 10.9 Å². The van der Waals surface area contributed by atoms with E-state index in [1.54, 1.807) is 12.1 Å². The number of aromatic nitrogens is 2. The fourth-order valence-electron chi connectivity index (χ4n) is 2.05. The summed E-state index contributed by atoms with van der Waals surface area (Å²) in [5.41, 5.74) is 2.72. The SMILES string of the molecule is Cc1nc(-c2ccccc2)c2ccc(O)cc2n1. The van der Waals surface area contributed by atoms with Gasteiger partial charge in [-0.05, 0) is 19.1 Å². The van der Waals surface area contributed by atoms with Crippen LogP contribution in [-0.2, 0) is 0 Å². The van der Waals surface area contributed by atoms with E-state index in [-0.39, 0.29) is 5.75 Å². The van der Waals surface area contributed by atoms with Gasteiger partial charge in [0.1, 0.15) is 11.6 Å². The quantitative estimate of drug-likeness (QED) is 0.705. The summed E-state index contributed by atoms with van der Waals surface area (Å²) < 4.78 is 0. The summed E-state index contributed by atoms with van der Waals surface area (Å²) in [6.07, 6.45) is 0. The highest BCUT2D eigenvalue weighted by molar-refractivity contribution is 5.92. The van der Waals surface area contributed by atoms with E-state index in [2.05, 4.69) is 9.97 Å². The standard InChI is InChI=1S/C15H12N2O/c1-10-16-14-9-12(18)7-8-13(14)15(17-10)11-5-3-2-4-6-11/h2-9,18H,1H3. The number of phenolic OH excluding ortho intramolecular Hbond substituents is 1. The van der Waals surface area contributed by atoms with Crippen LogP contribution in [0.3, 0.4) is 0 Å². The van der Waals surface area contributed by atoms with Crippen LogP contribution in [-0.4, -0.2) is 15.1 Å². The molecule has 0 saturated heterocycles. The van der Waals surface area contributed by atoms with Gasteiger partial charge in [0.15, 0.2) is 0 Å². The Hall–Kier alpha value is -2.42. The predicted octanol–water partition coefficient (Wildman–Crippen LogP) is 3.31. The van der Waals surface area contributed by atoms with E-state index < -0.39 is 0 Å². The van der Waals surface area contributed by atoms with Crippen molar-refractivity contribution in [3.05, 3.63) is 54.4 Å². The molecular formula is C15H12N2O. The monoisotopic (exact) mass is 236 g/mol. The third-order valence-electron chi connectivity index (χ3n) is 2.84. The number of rotatable bonds is 1. The molecule has 0 atom stereocenters. The second-order valence-corrected chi connectivity index (χ2v) is 4.19. The Morgan fingerprint density at radius 3 is 2.50 bits per heavy atom. The minimum atomic E-state index is 0.222. The maximum absolute atomic E-state index is 9.52. The third kappa shape index (κ3) is 1.80. The van der Waals surface area contributed by atoms with Crippen LogP contribution < -0.4 is 0 Å². The molecule has 3 heteroatoms. The number of benzene rings is 2. The molecule has 2 aromatic carbocycles. The average molecular weight is 236 g/mol. The zero-order valence-corrected chi connectivity index (χ0v) is 9.96. The molecule has 0 unspecified atom stereocenters. The number of aromatic hydroxyl groups is 1. The van der Waals surface area contributed by atoms with Gasteiger partial charge >= 0.3 is 0 Å². The summed E-state index contributed by atoms with van der Waals surface area (Å²) in [4.78, 5) is 8.86. The number of phenols is 1. The zero-order chi connectivity index (χ0) is 12.5. The summed E-state index contributed by atoms with van der Waals surface area (Å²) in [5.74, 6) is 0.923. The van der Waals surface area contributed by atoms with E-state index in [0.29, 0.717) is 5.82 Å². The number of hydrogen-bond donors (Lipinski definition) is 1. The number of fused-ring (bicyclic) bond motifs is 1. The molecule has 0 bridgehead atoms. The van der Waals surface area contributed by atoms with Gasteiger partial charge in [-0.15, -0.1) is 0 Å². The van der Waals surface area contributed by atoms with E-state index in [1.807, 2.05) is 43.3 Å². The van der Waals surface area contributed by atoms with Crippen molar-refractivity contribution in [3.63, 3.8) is 0 Å². The third-order valence-corrected chi connectivity index (χ3v) is 2.84. The fraction of sp³-hybridized carbons (Fsp3) is 0.0667. The van der Waals surface area contributed by atoms with Crippen molar-refractivity contribution < 1.29 is 5.11 Å². The van der Waals surface area contributed by atoms with E-state index in [4.69, 9.17) is 0 Å². The maximum atomic E-state index is 9.52. The molecule has 18 heavy (non-hydrogen) atoms. The Balaban J connectivity index is 2.35. The summed E-state index contributed by atoms with van der Waals surface area (Å²) in [6, 6.07) is 15.2. The molecule has 0 aliphatic rings. The highest BCUT2D eigenvalue weighted by Crippen LogP contribution is 2.27. The molecule has 1 heterocycles. The lowest BCUT2D eigenvalue weighted by atomic mass is 10.1. The summed E-state index contributed by atoms with van der Waals surface area (Å²) >= 11 is 0. The lowest BCUT2D eigenvalue weighted by Gasteiger charge is -2.07. The molecular weight excluding hydrogens is 224 g/mol. The van der Waals surface area contributed by atoms with Crippen LogP contribution in [0.15, 0.2) is 48.5 Å². The molecule has 1 N–H and O–H groups in total. The Morgan fingerprint density at radius 1 is 0.944 bits per heavy atom. The molecule has 0 amide bonds. The molecule has 0 aliphatic heterocycles. The van der Waals surface area contributed by atoms with Gasteiger partial charge < -0.3 is 5.11 Å². The van der Waals surface area contributed by atoms with Crippen molar-refractivity contribution in [1.82, 2.24) is 9.97 Å². The lowest BCUT2D eigenvalue weighted by molar-refractivity contribution is 0.476. The van der Waals surface area contributed by atoms with Gasteiger partial charge in [-0.2, -0.15) is 0 Å². The lowest BCUT2D eigenvalue weighted by Crippen LogP contribution is -1.93. The van der Waals surface area contributed by atoms with Crippen LogP contribution in [0.1, 0.15) is 5.82 Å². The summed E-state index contributed by atoms with van der Waals surface area (Å²) in [7, 11) is 0. The molecule has 0 fully saturated rings. The summed E-state index contributed by atoms with van der Waals surface area (Å²) in [5, 5.41) is 10.5. The predicted molar refractivity (Wildman–Crippen MR) is 71.4 cm³/mol. The van der Waals surface area contributed by atoms with E-state index >= 15 is 0 Å². The first-order chi connectivity index (χ1) is 8.74. The first kappa shape index (κ1) is 10.7. The molecule has 0 radical (unpaired) electrons. The number of hydrogen-bond acceptors (Lipinski definition) is 3. The Bertz CT molecular complexity index is 703. The largest absolute Gasteiger partial charge is 0.508 e. The maximum Gasteiger partial charge on any atom is 0.126 e. The molecule has 0 spiro atoms. The second kappa shape index (κ2) is 4.11. The van der Waals surface area contributed by atoms with Crippen molar-refractivity contribution in [3.8, 4) is 17.0 Å². The Kier molecular flexibility index (Phi) is 2.45. The smallest absolute Gasteiger partial charge is 0.126 e. The van der Waals surface area contributed by atoms with Crippen LogP contribution in [0.2, 0.25) is 0 Å². The van der Waals surface area contributed by atoms with Crippen LogP contribution in [0.5, 0.6) is 5.75 Å². The molecule has 88 valence electrons. The van der Waals surface area contributed by atoms with Gasteiger partial charge in [0.05, 0.1) is 11.2 Å². The Labute approximate surface area is 105 Å². The van der Waals surface area contributed by atoms with E-state index in [1.165, 1.54) is 0 Å². The highest BCUT2D eigenvalue weighted by atomic mass is 16.3. The van der Waals surface area contributed by atoms with Gasteiger partial charge in [0.2, 0.25) is 0 Å². The minimum absolute atomic E-state index is 0.222. The van der Waals surface area contributed by atoms with Crippen molar-refractivity contribution in [1.29, 1.82) is 0 Å². The summed E-state index contributed by atoms with van der Waals surface area (Å²) in [6.45, 7) is 1.86. The molecule has 3 rings (SSSR count). The second-order valence-electron chi connectivity index (χ2n) is 4.19. The average Bonchev–Trinajstić information content (AvgIpc) is 2.38. The van der Waals surface area contributed by atoms with Gasteiger partial charge in [0.25, 0.3) is 0 Å². The van der Waals surface area contributed by atoms with Crippen LogP contribution in [0.25, 0.3) is 22.2 Å². The fourth-order valence-corrected chi connectivity index (χ4v) is 2.05. The van der Waals surface area contributed by atoms with Gasteiger partial charge in [0, 0.05) is 17.0 Å². The van der Waals surface area contributed by atoms with E-state index in [9.17, 15) is 5.11 Å². The first-order valence-electron chi connectivity index (χ1n) is 5.77. The van der Waals surface area contributed by atoms with Gasteiger partial charge in [-0.1, -0.05) is 30.3 Å². The first-order valence-corrected chi connectivity index (χ1v) is 5.77. The highest BCUT2D eigenvalue weighted by Gasteiger charge is 2.08. The van der Waals surface area contributed by atoms with Crippen LogP contribution in [0.4, 0.5) is 0 Å². The molecule has 3 aromatic rings. The molecule has 1 aromatic heterocycles. The Morgan fingerprint density at radius 2 is 1.72 bits per heavy atom. The minimum Gasteiger partial charge on any atom is -0.508 e. The van der Waals surface area contributed by atoms with E-state index in [0.717, 1.165) is 22.2 Å². The van der Waals surface area contributed by atoms with Crippen LogP contribution in [0, 0.1) is 6.92 Å². The topological polar surface area (TPSA) is 46.0 Å². The van der Waals surface area contributed by atoms with Gasteiger partial charge in [-0.25, -0.2) is 9.97 Å². The molecule has 0 aliphatic carbocycles. The molecule has 0 saturated carbocycles. The van der Waals surface area contributed by atoms with Crippen molar-refractivity contribution in [2.75, 3.05) is 0 Å². The van der Waals surface area contributed by atoms with Crippen molar-refractivity contribution in [2.24, 2.45) is 0 Å². The normalized spacial score (nSPS) is 10.7. The van der Waals surface area contributed by atoms with Crippen LogP contribution >= 0.6 is 0 Å². The number of aryl methyl sites for hydroxylation is 1. The van der Waals surface area contributed by atoms with Crippen molar-refractivity contribution in [2.45, 2.75) is 6.92 Å².